The molecule has 0 atom stereocenters. The van der Waals surface area contributed by atoms with Crippen LogP contribution in [0.4, 0.5) is 0 Å². The minimum absolute atomic E-state index is 0.0513. The summed E-state index contributed by atoms with van der Waals surface area (Å²) in [6.07, 6.45) is 4.10. The van der Waals surface area contributed by atoms with E-state index in [-0.39, 0.29) is 5.78 Å². The maximum absolute atomic E-state index is 12.1. The minimum atomic E-state index is 0.0513. The number of fused-ring (bicyclic) bond motifs is 7. The predicted molar refractivity (Wildman–Crippen MR) is 93.4 cm³/mol. The Hall–Kier alpha value is -2.75. The van der Waals surface area contributed by atoms with Gasteiger partial charge in [0.25, 0.3) is 0 Å². The predicted octanol–water partition coefficient (Wildman–Crippen LogP) is 3.78. The molecule has 0 aromatic heterocycles. The average molecular weight is 323 g/mol. The zero-order chi connectivity index (χ0) is 16.9. The van der Waals surface area contributed by atoms with Gasteiger partial charge in [0.15, 0.2) is 17.3 Å². The summed E-state index contributed by atoms with van der Waals surface area (Å²) in [5.74, 6) is 2.13. The molecule has 2 aliphatic heterocycles. The molecule has 2 aromatic rings. The molecule has 4 bridgehead atoms. The quantitative estimate of drug-likeness (QED) is 0.867. The van der Waals surface area contributed by atoms with Crippen molar-refractivity contribution in [2.24, 2.45) is 5.73 Å². The lowest BCUT2D eigenvalue weighted by molar-refractivity contribution is -0.114. The summed E-state index contributed by atoms with van der Waals surface area (Å²) in [6.45, 7) is 0. The molecule has 0 saturated carbocycles. The lowest BCUT2D eigenvalue weighted by Gasteiger charge is -2.12. The molecule has 0 saturated heterocycles. The van der Waals surface area contributed by atoms with Crippen LogP contribution in [-0.4, -0.2) is 12.9 Å². The van der Waals surface area contributed by atoms with Gasteiger partial charge in [0, 0.05) is 12.1 Å². The van der Waals surface area contributed by atoms with Gasteiger partial charge in [0.05, 0.1) is 7.11 Å². The van der Waals surface area contributed by atoms with Gasteiger partial charge in [-0.25, -0.2) is 0 Å². The third-order valence-corrected chi connectivity index (χ3v) is 4.09. The normalized spacial score (nSPS) is 17.2. The van der Waals surface area contributed by atoms with Crippen LogP contribution in [0.25, 0.3) is 0 Å². The molecular weight excluding hydrogens is 302 g/mol. The fourth-order valence-electron chi connectivity index (χ4n) is 2.71. The average Bonchev–Trinajstić information content (AvgIpc) is 2.59. The van der Waals surface area contributed by atoms with Crippen molar-refractivity contribution in [2.45, 2.75) is 25.7 Å². The highest BCUT2D eigenvalue weighted by atomic mass is 16.5. The van der Waals surface area contributed by atoms with Crippen LogP contribution in [0.2, 0.25) is 0 Å². The molecule has 4 nitrogen and oxygen atoms in total. The van der Waals surface area contributed by atoms with Crippen molar-refractivity contribution in [3.63, 3.8) is 0 Å². The van der Waals surface area contributed by atoms with Crippen molar-refractivity contribution in [1.82, 2.24) is 0 Å². The molecule has 4 heteroatoms. The van der Waals surface area contributed by atoms with Crippen LogP contribution in [0.1, 0.15) is 24.0 Å². The Morgan fingerprint density at radius 2 is 1.67 bits per heavy atom. The Kier molecular flexibility index (Phi) is 4.85. The molecule has 0 amide bonds. The standard InChI is InChI=1S/C20H21NO3/c1-23-19-11-6-15-3-8-17(22)13-16(21)7-2-14-4-9-18(10-5-14)24-20(19)12-15/h4-6,9-13H,2-3,7-8,21H2,1H3/b16-13-. The first-order valence-corrected chi connectivity index (χ1v) is 8.06. The van der Waals surface area contributed by atoms with E-state index in [1.807, 2.05) is 42.5 Å². The molecule has 0 radical (unpaired) electrons. The van der Waals surface area contributed by atoms with Gasteiger partial charge in [0.2, 0.25) is 0 Å². The number of allylic oxidation sites excluding steroid dienone is 2. The highest BCUT2D eigenvalue weighted by Gasteiger charge is 2.10. The van der Waals surface area contributed by atoms with Crippen molar-refractivity contribution < 1.29 is 14.3 Å². The summed E-state index contributed by atoms with van der Waals surface area (Å²) in [6, 6.07) is 13.6. The van der Waals surface area contributed by atoms with Crippen molar-refractivity contribution in [3.05, 3.63) is 65.4 Å². The molecule has 24 heavy (non-hydrogen) atoms. The fraction of sp³-hybridized carbons (Fsp3) is 0.250. The zero-order valence-corrected chi connectivity index (χ0v) is 13.7. The minimum Gasteiger partial charge on any atom is -0.493 e. The van der Waals surface area contributed by atoms with E-state index in [0.29, 0.717) is 36.5 Å². The highest BCUT2D eigenvalue weighted by Crippen LogP contribution is 2.33. The van der Waals surface area contributed by atoms with Gasteiger partial charge in [-0.2, -0.15) is 0 Å². The van der Waals surface area contributed by atoms with E-state index in [1.165, 1.54) is 0 Å². The Morgan fingerprint density at radius 3 is 2.42 bits per heavy atom. The molecule has 0 spiro atoms. The van der Waals surface area contributed by atoms with E-state index in [9.17, 15) is 4.79 Å². The van der Waals surface area contributed by atoms with Crippen molar-refractivity contribution in [1.29, 1.82) is 0 Å². The number of aryl methyl sites for hydroxylation is 2. The maximum Gasteiger partial charge on any atom is 0.169 e. The van der Waals surface area contributed by atoms with Crippen LogP contribution < -0.4 is 15.2 Å². The van der Waals surface area contributed by atoms with E-state index in [2.05, 4.69) is 0 Å². The summed E-state index contributed by atoms with van der Waals surface area (Å²) in [5, 5.41) is 0. The zero-order valence-electron chi connectivity index (χ0n) is 13.7. The molecule has 2 N–H and O–H groups in total. The molecule has 0 fully saturated rings. The summed E-state index contributed by atoms with van der Waals surface area (Å²) in [4.78, 5) is 12.1. The highest BCUT2D eigenvalue weighted by molar-refractivity contribution is 5.90. The van der Waals surface area contributed by atoms with Gasteiger partial charge in [-0.3, -0.25) is 4.79 Å². The van der Waals surface area contributed by atoms with Crippen LogP contribution in [0.5, 0.6) is 17.2 Å². The van der Waals surface area contributed by atoms with Crippen LogP contribution in [0.3, 0.4) is 0 Å². The second kappa shape index (κ2) is 7.21. The van der Waals surface area contributed by atoms with E-state index in [0.717, 1.165) is 23.3 Å². The fourth-order valence-corrected chi connectivity index (χ4v) is 2.71. The first kappa shape index (κ1) is 16.1. The Labute approximate surface area is 141 Å². The molecule has 0 unspecified atom stereocenters. The SMILES string of the molecule is COc1ccc2cc1Oc1ccc(cc1)CC/C(N)=C/C(=O)CC2. The van der Waals surface area contributed by atoms with Crippen LogP contribution in [-0.2, 0) is 17.6 Å². The number of ether oxygens (including phenoxy) is 2. The lowest BCUT2D eigenvalue weighted by Crippen LogP contribution is -2.05. The summed E-state index contributed by atoms with van der Waals surface area (Å²) >= 11 is 0. The maximum atomic E-state index is 12.1. The van der Waals surface area contributed by atoms with Gasteiger partial charge in [-0.15, -0.1) is 0 Å². The van der Waals surface area contributed by atoms with Gasteiger partial charge in [0.1, 0.15) is 5.75 Å². The molecular formula is C20H21NO3. The molecule has 2 heterocycles. The second-order valence-corrected chi connectivity index (χ2v) is 5.92. The van der Waals surface area contributed by atoms with Gasteiger partial charge in [-0.05, 0) is 60.7 Å². The number of benzene rings is 2. The summed E-state index contributed by atoms with van der Waals surface area (Å²) in [7, 11) is 1.62. The van der Waals surface area contributed by atoms with Gasteiger partial charge in [-0.1, -0.05) is 18.2 Å². The number of carbonyl (C=O) groups is 1. The topological polar surface area (TPSA) is 61.6 Å². The Morgan fingerprint density at radius 1 is 0.958 bits per heavy atom. The number of ketones is 1. The third-order valence-electron chi connectivity index (χ3n) is 4.09. The molecule has 0 aliphatic carbocycles. The van der Waals surface area contributed by atoms with Crippen molar-refractivity contribution in [3.8, 4) is 17.2 Å². The van der Waals surface area contributed by atoms with Crippen LogP contribution in [0.15, 0.2) is 54.2 Å². The lowest BCUT2D eigenvalue weighted by atomic mass is 10.0. The van der Waals surface area contributed by atoms with E-state index in [4.69, 9.17) is 15.2 Å². The van der Waals surface area contributed by atoms with Gasteiger partial charge < -0.3 is 15.2 Å². The Bertz CT molecular complexity index is 763. The Balaban J connectivity index is 1.97. The van der Waals surface area contributed by atoms with Crippen molar-refractivity contribution >= 4 is 5.78 Å². The number of nitrogens with two attached hydrogens (primary N) is 1. The second-order valence-electron chi connectivity index (χ2n) is 5.92. The first-order chi connectivity index (χ1) is 11.6. The third kappa shape index (κ3) is 3.96. The molecule has 2 aromatic carbocycles. The van der Waals surface area contributed by atoms with E-state index in [1.54, 1.807) is 13.2 Å². The number of rotatable bonds is 1. The van der Waals surface area contributed by atoms with E-state index < -0.39 is 0 Å². The summed E-state index contributed by atoms with van der Waals surface area (Å²) < 4.78 is 11.3. The number of methoxy groups -OCH3 is 1. The molecule has 124 valence electrons. The molecule has 4 rings (SSSR count). The summed E-state index contributed by atoms with van der Waals surface area (Å²) in [5.41, 5.74) is 8.78. The number of hydrogen-bond acceptors (Lipinski definition) is 4. The monoisotopic (exact) mass is 323 g/mol. The van der Waals surface area contributed by atoms with E-state index >= 15 is 0 Å². The first-order valence-electron chi connectivity index (χ1n) is 8.06. The molecule has 2 aliphatic rings. The van der Waals surface area contributed by atoms with Gasteiger partial charge >= 0.3 is 0 Å². The largest absolute Gasteiger partial charge is 0.493 e. The smallest absolute Gasteiger partial charge is 0.169 e. The number of carbonyl (C=O) groups excluding carboxylic acids is 1. The number of hydrogen-bond donors (Lipinski definition) is 1. The van der Waals surface area contributed by atoms with Crippen molar-refractivity contribution in [2.75, 3.05) is 7.11 Å². The van der Waals surface area contributed by atoms with Crippen LogP contribution >= 0.6 is 0 Å². The van der Waals surface area contributed by atoms with Crippen LogP contribution in [0, 0.1) is 0 Å².